The molecule has 0 bridgehead atoms. The molecule has 0 aliphatic heterocycles. The van der Waals surface area contributed by atoms with Gasteiger partial charge < -0.3 is 5.73 Å². The lowest BCUT2D eigenvalue weighted by atomic mass is 10.2. The van der Waals surface area contributed by atoms with Crippen molar-refractivity contribution in [1.29, 1.82) is 0 Å². The van der Waals surface area contributed by atoms with Crippen LogP contribution in [0.5, 0.6) is 0 Å². The Kier molecular flexibility index (Phi) is 4.27. The molecule has 0 saturated carbocycles. The van der Waals surface area contributed by atoms with E-state index in [0.717, 1.165) is 0 Å². The molecule has 2 rings (SSSR count). The van der Waals surface area contributed by atoms with E-state index in [-0.39, 0.29) is 4.90 Å². The Morgan fingerprint density at radius 2 is 1.95 bits per heavy atom. The molecular weight excluding hydrogens is 364 g/mol. The molecule has 4 nitrogen and oxygen atoms in total. The van der Waals surface area contributed by atoms with Crippen molar-refractivity contribution in [3.63, 3.8) is 0 Å². The van der Waals surface area contributed by atoms with Gasteiger partial charge in [-0.25, -0.2) is 8.42 Å². The summed E-state index contributed by atoms with van der Waals surface area (Å²) < 4.78 is 27.6. The monoisotopic (exact) mass is 374 g/mol. The fraction of sp³-hybridized carbons (Fsp3) is 0.0769. The third-order valence-electron chi connectivity index (χ3n) is 2.75. The maximum atomic E-state index is 12.3. The summed E-state index contributed by atoms with van der Waals surface area (Å²) in [5, 5.41) is 0.429. The lowest BCUT2D eigenvalue weighted by Gasteiger charge is -2.11. The van der Waals surface area contributed by atoms with Crippen molar-refractivity contribution in [1.82, 2.24) is 0 Å². The molecular formula is C13H12BrClN2O2S. The highest BCUT2D eigenvalue weighted by atomic mass is 79.9. The summed E-state index contributed by atoms with van der Waals surface area (Å²) in [5.41, 5.74) is 7.33. The third-order valence-corrected chi connectivity index (χ3v) is 5.51. The average molecular weight is 376 g/mol. The number of nitrogens with one attached hydrogen (secondary N) is 1. The van der Waals surface area contributed by atoms with E-state index < -0.39 is 10.0 Å². The first kappa shape index (κ1) is 15.2. The summed E-state index contributed by atoms with van der Waals surface area (Å²) in [4.78, 5) is 0.149. The van der Waals surface area contributed by atoms with Gasteiger partial charge in [0.25, 0.3) is 10.0 Å². The first-order chi connectivity index (χ1) is 9.31. The van der Waals surface area contributed by atoms with Gasteiger partial charge in [-0.1, -0.05) is 17.7 Å². The number of benzene rings is 2. The van der Waals surface area contributed by atoms with Crippen LogP contribution in [0.25, 0.3) is 0 Å². The molecule has 0 aliphatic carbocycles. The molecule has 106 valence electrons. The molecule has 2 aromatic carbocycles. The van der Waals surface area contributed by atoms with E-state index in [1.807, 2.05) is 0 Å². The predicted molar refractivity (Wildman–Crippen MR) is 85.6 cm³/mol. The fourth-order valence-electron chi connectivity index (χ4n) is 1.60. The van der Waals surface area contributed by atoms with Gasteiger partial charge in [0.15, 0.2) is 0 Å². The molecule has 0 spiro atoms. The number of hydrogen-bond donors (Lipinski definition) is 2. The Hall–Kier alpha value is -1.24. The quantitative estimate of drug-likeness (QED) is 0.802. The molecule has 20 heavy (non-hydrogen) atoms. The molecule has 0 radical (unpaired) electrons. The van der Waals surface area contributed by atoms with Gasteiger partial charge in [0, 0.05) is 5.69 Å². The van der Waals surface area contributed by atoms with Crippen LogP contribution in [-0.4, -0.2) is 8.42 Å². The Morgan fingerprint density at radius 3 is 2.60 bits per heavy atom. The van der Waals surface area contributed by atoms with Crippen LogP contribution in [0.1, 0.15) is 5.56 Å². The highest BCUT2D eigenvalue weighted by Crippen LogP contribution is 2.31. The zero-order chi connectivity index (χ0) is 14.9. The molecule has 0 aromatic heterocycles. The molecule has 7 heteroatoms. The number of nitrogen functional groups attached to an aromatic ring is 1. The summed E-state index contributed by atoms with van der Waals surface area (Å²) in [6.07, 6.45) is 0. The van der Waals surface area contributed by atoms with Gasteiger partial charge >= 0.3 is 0 Å². The van der Waals surface area contributed by atoms with Crippen LogP contribution in [0.4, 0.5) is 11.4 Å². The lowest BCUT2D eigenvalue weighted by Crippen LogP contribution is -2.13. The Balaban J connectivity index is 2.41. The fourth-order valence-corrected chi connectivity index (χ4v) is 3.43. The zero-order valence-electron chi connectivity index (χ0n) is 10.5. The lowest BCUT2D eigenvalue weighted by molar-refractivity contribution is 0.601. The average Bonchev–Trinajstić information content (AvgIpc) is 2.38. The minimum atomic E-state index is -3.69. The van der Waals surface area contributed by atoms with Crippen molar-refractivity contribution < 1.29 is 8.42 Å². The van der Waals surface area contributed by atoms with Gasteiger partial charge in [-0.15, -0.1) is 0 Å². The summed E-state index contributed by atoms with van der Waals surface area (Å²) in [6.45, 7) is 1.75. The van der Waals surface area contributed by atoms with Crippen molar-refractivity contribution in [2.45, 2.75) is 11.8 Å². The molecule has 0 heterocycles. The summed E-state index contributed by atoms with van der Waals surface area (Å²) in [6, 6.07) is 9.50. The van der Waals surface area contributed by atoms with E-state index >= 15 is 0 Å². The van der Waals surface area contributed by atoms with E-state index in [1.54, 1.807) is 31.2 Å². The molecule has 3 N–H and O–H groups in total. The van der Waals surface area contributed by atoms with E-state index in [2.05, 4.69) is 20.7 Å². The highest BCUT2D eigenvalue weighted by molar-refractivity contribution is 9.10. The van der Waals surface area contributed by atoms with E-state index in [4.69, 9.17) is 17.3 Å². The van der Waals surface area contributed by atoms with Crippen LogP contribution in [0, 0.1) is 6.92 Å². The van der Waals surface area contributed by atoms with Gasteiger partial charge in [-0.2, -0.15) is 0 Å². The molecule has 0 amide bonds. The van der Waals surface area contributed by atoms with E-state index in [1.165, 1.54) is 12.1 Å². The SMILES string of the molecule is Cc1cc(S(=O)(=O)Nc2cccc(Cl)c2Br)ccc1N. The third kappa shape index (κ3) is 3.08. The van der Waals surface area contributed by atoms with Gasteiger partial charge in [0.1, 0.15) is 0 Å². The van der Waals surface area contributed by atoms with Crippen LogP contribution < -0.4 is 10.5 Å². The van der Waals surface area contributed by atoms with E-state index in [0.29, 0.717) is 26.4 Å². The van der Waals surface area contributed by atoms with Crippen molar-refractivity contribution in [2.24, 2.45) is 0 Å². The number of halogens is 2. The van der Waals surface area contributed by atoms with Crippen LogP contribution in [-0.2, 0) is 10.0 Å². The Bertz CT molecular complexity index is 763. The number of hydrogen-bond acceptors (Lipinski definition) is 3. The van der Waals surface area contributed by atoms with Gasteiger partial charge in [0.05, 0.1) is 20.1 Å². The molecule has 0 fully saturated rings. The Labute approximate surface area is 131 Å². The number of anilines is 2. The first-order valence-electron chi connectivity index (χ1n) is 5.64. The number of rotatable bonds is 3. The maximum absolute atomic E-state index is 12.3. The second-order valence-electron chi connectivity index (χ2n) is 4.23. The molecule has 2 aromatic rings. The maximum Gasteiger partial charge on any atom is 0.261 e. The standard InChI is InChI=1S/C13H12BrClN2O2S/c1-8-7-9(5-6-11(8)16)20(18,19)17-12-4-2-3-10(15)13(12)14/h2-7,17H,16H2,1H3. The second kappa shape index (κ2) is 5.63. The van der Waals surface area contributed by atoms with Crippen LogP contribution >= 0.6 is 27.5 Å². The van der Waals surface area contributed by atoms with E-state index in [9.17, 15) is 8.42 Å². The smallest absolute Gasteiger partial charge is 0.261 e. The van der Waals surface area contributed by atoms with Crippen LogP contribution in [0.15, 0.2) is 45.8 Å². The number of sulfonamides is 1. The minimum Gasteiger partial charge on any atom is -0.399 e. The van der Waals surface area contributed by atoms with Gasteiger partial charge in [-0.3, -0.25) is 4.72 Å². The van der Waals surface area contributed by atoms with Crippen LogP contribution in [0.2, 0.25) is 5.02 Å². The Morgan fingerprint density at radius 1 is 1.25 bits per heavy atom. The van der Waals surface area contributed by atoms with Gasteiger partial charge in [0.2, 0.25) is 0 Å². The second-order valence-corrected chi connectivity index (χ2v) is 7.11. The molecule has 0 saturated heterocycles. The summed E-state index contributed by atoms with van der Waals surface area (Å²) in [5.74, 6) is 0. The normalized spacial score (nSPS) is 11.3. The molecule has 0 atom stereocenters. The molecule has 0 aliphatic rings. The summed E-state index contributed by atoms with van der Waals surface area (Å²) >= 11 is 9.19. The minimum absolute atomic E-state index is 0.149. The highest BCUT2D eigenvalue weighted by Gasteiger charge is 2.17. The predicted octanol–water partition coefficient (Wildman–Crippen LogP) is 3.79. The first-order valence-corrected chi connectivity index (χ1v) is 8.29. The van der Waals surface area contributed by atoms with Crippen molar-refractivity contribution in [3.8, 4) is 0 Å². The number of aryl methyl sites for hydroxylation is 1. The largest absolute Gasteiger partial charge is 0.399 e. The van der Waals surface area contributed by atoms with Gasteiger partial charge in [-0.05, 0) is 58.7 Å². The zero-order valence-corrected chi connectivity index (χ0v) is 13.7. The van der Waals surface area contributed by atoms with Crippen molar-refractivity contribution in [2.75, 3.05) is 10.5 Å². The van der Waals surface area contributed by atoms with Crippen LogP contribution in [0.3, 0.4) is 0 Å². The van der Waals surface area contributed by atoms with Crippen molar-refractivity contribution in [3.05, 3.63) is 51.5 Å². The molecule has 0 unspecified atom stereocenters. The summed E-state index contributed by atoms with van der Waals surface area (Å²) in [7, 11) is -3.69. The number of nitrogens with two attached hydrogens (primary N) is 1. The van der Waals surface area contributed by atoms with Crippen molar-refractivity contribution >= 4 is 48.9 Å². The topological polar surface area (TPSA) is 72.2 Å².